The lowest BCUT2D eigenvalue weighted by molar-refractivity contribution is 0.0389. The molecule has 1 unspecified atom stereocenters. The van der Waals surface area contributed by atoms with E-state index in [-0.39, 0.29) is 0 Å². The van der Waals surface area contributed by atoms with Crippen LogP contribution < -0.4 is 10.1 Å². The molecule has 0 saturated carbocycles. The summed E-state index contributed by atoms with van der Waals surface area (Å²) in [6.45, 7) is 7.25. The summed E-state index contributed by atoms with van der Waals surface area (Å²) >= 11 is 0. The molecule has 1 atom stereocenters. The lowest BCUT2D eigenvalue weighted by atomic mass is 10.2. The average molecular weight is 276 g/mol. The van der Waals surface area contributed by atoms with Crippen LogP contribution in [0.5, 0.6) is 5.75 Å². The van der Waals surface area contributed by atoms with Gasteiger partial charge in [0.05, 0.1) is 5.56 Å². The van der Waals surface area contributed by atoms with Crippen LogP contribution in [0.25, 0.3) is 0 Å². The molecule has 1 N–H and O–H groups in total. The first kappa shape index (κ1) is 15.8. The van der Waals surface area contributed by atoms with Gasteiger partial charge >= 0.3 is 6.09 Å². The van der Waals surface area contributed by atoms with Crippen molar-refractivity contribution in [2.45, 2.75) is 45.9 Å². The van der Waals surface area contributed by atoms with E-state index in [4.69, 9.17) is 14.7 Å². The topological polar surface area (TPSA) is 71.3 Å². The first-order valence-corrected chi connectivity index (χ1v) is 6.51. The van der Waals surface area contributed by atoms with E-state index in [0.29, 0.717) is 17.7 Å². The molecule has 20 heavy (non-hydrogen) atoms. The molecule has 1 aromatic carbocycles. The van der Waals surface area contributed by atoms with E-state index in [0.717, 1.165) is 0 Å². The van der Waals surface area contributed by atoms with Crippen LogP contribution in [-0.4, -0.2) is 17.9 Å². The van der Waals surface area contributed by atoms with Gasteiger partial charge in [0.2, 0.25) is 0 Å². The third kappa shape index (κ3) is 5.19. The number of rotatable bonds is 4. The molecule has 0 spiro atoms. The SMILES string of the molecule is CCC(NC(=O)OC(C)(C)C)Oc1ccccc1C#N. The van der Waals surface area contributed by atoms with Crippen molar-refractivity contribution in [2.24, 2.45) is 0 Å². The van der Waals surface area contributed by atoms with Crippen LogP contribution in [0.4, 0.5) is 4.79 Å². The van der Waals surface area contributed by atoms with Gasteiger partial charge in [0.15, 0.2) is 6.23 Å². The molecule has 1 rings (SSSR count). The van der Waals surface area contributed by atoms with Gasteiger partial charge < -0.3 is 9.47 Å². The second-order valence-corrected chi connectivity index (χ2v) is 5.27. The molecular weight excluding hydrogens is 256 g/mol. The van der Waals surface area contributed by atoms with Gasteiger partial charge in [-0.25, -0.2) is 4.79 Å². The fraction of sp³-hybridized carbons (Fsp3) is 0.467. The monoisotopic (exact) mass is 276 g/mol. The number of amides is 1. The van der Waals surface area contributed by atoms with Crippen molar-refractivity contribution in [1.82, 2.24) is 5.32 Å². The highest BCUT2D eigenvalue weighted by molar-refractivity contribution is 5.67. The number of nitrogens with zero attached hydrogens (tertiary/aromatic N) is 1. The van der Waals surface area contributed by atoms with Gasteiger partial charge in [-0.2, -0.15) is 5.26 Å². The Morgan fingerprint density at radius 2 is 2.05 bits per heavy atom. The molecule has 108 valence electrons. The molecule has 1 amide bonds. The van der Waals surface area contributed by atoms with E-state index in [9.17, 15) is 4.79 Å². The number of benzene rings is 1. The summed E-state index contributed by atoms with van der Waals surface area (Å²) in [7, 11) is 0. The predicted molar refractivity (Wildman–Crippen MR) is 75.2 cm³/mol. The summed E-state index contributed by atoms with van der Waals surface area (Å²) in [5.74, 6) is 0.443. The number of carbonyl (C=O) groups excluding carboxylic acids is 1. The minimum Gasteiger partial charge on any atom is -0.469 e. The minimum absolute atomic E-state index is 0.428. The molecule has 0 aromatic heterocycles. The van der Waals surface area contributed by atoms with Crippen LogP contribution >= 0.6 is 0 Å². The number of ether oxygens (including phenoxy) is 2. The number of para-hydroxylation sites is 1. The van der Waals surface area contributed by atoms with Gasteiger partial charge in [0.1, 0.15) is 17.4 Å². The lowest BCUT2D eigenvalue weighted by Gasteiger charge is -2.23. The Hall–Kier alpha value is -2.22. The van der Waals surface area contributed by atoms with E-state index >= 15 is 0 Å². The molecule has 1 aromatic rings. The van der Waals surface area contributed by atoms with Crippen LogP contribution in [-0.2, 0) is 4.74 Å². The highest BCUT2D eigenvalue weighted by Gasteiger charge is 2.20. The van der Waals surface area contributed by atoms with Crippen LogP contribution in [0.1, 0.15) is 39.7 Å². The van der Waals surface area contributed by atoms with E-state index in [1.165, 1.54) is 0 Å². The van der Waals surface area contributed by atoms with Crippen LogP contribution in [0.2, 0.25) is 0 Å². The van der Waals surface area contributed by atoms with Gasteiger partial charge in [-0.1, -0.05) is 19.1 Å². The van der Waals surface area contributed by atoms with Gasteiger partial charge in [-0.3, -0.25) is 5.32 Å². The van der Waals surface area contributed by atoms with Crippen molar-refractivity contribution in [1.29, 1.82) is 5.26 Å². The molecule has 0 radical (unpaired) electrons. The summed E-state index contributed by atoms with van der Waals surface area (Å²) in [5, 5.41) is 11.6. The third-order valence-corrected chi connectivity index (χ3v) is 2.33. The largest absolute Gasteiger partial charge is 0.469 e. The normalized spacial score (nSPS) is 12.2. The highest BCUT2D eigenvalue weighted by atomic mass is 16.6. The Balaban J connectivity index is 2.69. The second-order valence-electron chi connectivity index (χ2n) is 5.27. The number of alkyl carbamates (subject to hydrolysis) is 1. The van der Waals surface area contributed by atoms with Crippen molar-refractivity contribution in [3.05, 3.63) is 29.8 Å². The van der Waals surface area contributed by atoms with E-state index in [2.05, 4.69) is 5.32 Å². The molecule has 0 bridgehead atoms. The molecule has 0 heterocycles. The summed E-state index contributed by atoms with van der Waals surface area (Å²) < 4.78 is 10.8. The summed E-state index contributed by atoms with van der Waals surface area (Å²) in [4.78, 5) is 11.7. The quantitative estimate of drug-likeness (QED) is 0.857. The molecule has 0 aliphatic rings. The summed E-state index contributed by atoms with van der Waals surface area (Å²) in [6.07, 6.45) is -0.530. The van der Waals surface area contributed by atoms with Gasteiger partial charge in [0, 0.05) is 6.42 Å². The minimum atomic E-state index is -0.563. The van der Waals surface area contributed by atoms with E-state index in [1.54, 1.807) is 45.0 Å². The molecule has 0 saturated heterocycles. The smallest absolute Gasteiger partial charge is 0.410 e. The standard InChI is InChI=1S/C15H20N2O3/c1-5-13(17-14(18)20-15(2,3)4)19-12-9-7-6-8-11(12)10-16/h6-9,13H,5H2,1-4H3,(H,17,18). The van der Waals surface area contributed by atoms with Crippen LogP contribution in [0.15, 0.2) is 24.3 Å². The molecule has 0 aliphatic heterocycles. The maximum Gasteiger partial charge on any atom is 0.410 e. The molecule has 0 aliphatic carbocycles. The van der Waals surface area contributed by atoms with Gasteiger partial charge in [-0.15, -0.1) is 0 Å². The Kier molecular flexibility index (Phi) is 5.39. The van der Waals surface area contributed by atoms with E-state index in [1.807, 2.05) is 13.0 Å². The maximum absolute atomic E-state index is 11.7. The average Bonchev–Trinajstić information content (AvgIpc) is 2.36. The van der Waals surface area contributed by atoms with E-state index < -0.39 is 17.9 Å². The maximum atomic E-state index is 11.7. The van der Waals surface area contributed by atoms with Crippen LogP contribution in [0, 0.1) is 11.3 Å². The zero-order chi connectivity index (χ0) is 15.2. The van der Waals surface area contributed by atoms with Crippen molar-refractivity contribution in [3.63, 3.8) is 0 Å². The molecule has 0 fully saturated rings. The third-order valence-electron chi connectivity index (χ3n) is 2.33. The number of nitrogens with one attached hydrogen (secondary N) is 1. The number of nitriles is 1. The Bertz CT molecular complexity index is 501. The Morgan fingerprint density at radius 3 is 2.60 bits per heavy atom. The predicted octanol–water partition coefficient (Wildman–Crippen LogP) is 3.20. The van der Waals surface area contributed by atoms with Crippen LogP contribution in [0.3, 0.4) is 0 Å². The van der Waals surface area contributed by atoms with Crippen molar-refractivity contribution in [3.8, 4) is 11.8 Å². The second kappa shape index (κ2) is 6.80. The van der Waals surface area contributed by atoms with Gasteiger partial charge in [0.25, 0.3) is 0 Å². The van der Waals surface area contributed by atoms with Crippen molar-refractivity contribution < 1.29 is 14.3 Å². The number of hydrogen-bond donors (Lipinski definition) is 1. The zero-order valence-electron chi connectivity index (χ0n) is 12.3. The molecule has 5 nitrogen and oxygen atoms in total. The number of hydrogen-bond acceptors (Lipinski definition) is 4. The first-order chi connectivity index (χ1) is 9.35. The Labute approximate surface area is 119 Å². The van der Waals surface area contributed by atoms with Crippen molar-refractivity contribution >= 4 is 6.09 Å². The highest BCUT2D eigenvalue weighted by Crippen LogP contribution is 2.18. The lowest BCUT2D eigenvalue weighted by Crippen LogP contribution is -2.41. The van der Waals surface area contributed by atoms with Crippen molar-refractivity contribution in [2.75, 3.05) is 0 Å². The fourth-order valence-corrected chi connectivity index (χ4v) is 1.47. The first-order valence-electron chi connectivity index (χ1n) is 6.51. The summed E-state index contributed by atoms with van der Waals surface area (Å²) in [5.41, 5.74) is -0.135. The number of carbonyl (C=O) groups is 1. The Morgan fingerprint density at radius 1 is 1.40 bits per heavy atom. The summed E-state index contributed by atoms with van der Waals surface area (Å²) in [6, 6.07) is 8.93. The molecular formula is C15H20N2O3. The zero-order valence-corrected chi connectivity index (χ0v) is 12.3. The fourth-order valence-electron chi connectivity index (χ4n) is 1.47. The van der Waals surface area contributed by atoms with Gasteiger partial charge in [-0.05, 0) is 32.9 Å². The molecule has 5 heteroatoms.